The summed E-state index contributed by atoms with van der Waals surface area (Å²) in [5.74, 6) is -0.203. The van der Waals surface area contributed by atoms with Crippen LogP contribution in [0.3, 0.4) is 0 Å². The zero-order valence-corrected chi connectivity index (χ0v) is 15.2. The van der Waals surface area contributed by atoms with Crippen LogP contribution in [-0.2, 0) is 0 Å². The van der Waals surface area contributed by atoms with Gasteiger partial charge >= 0.3 is 0 Å². The van der Waals surface area contributed by atoms with Crippen molar-refractivity contribution in [1.29, 1.82) is 5.26 Å². The molecule has 1 aromatic heterocycles. The van der Waals surface area contributed by atoms with Gasteiger partial charge in [-0.15, -0.1) is 0 Å². The van der Waals surface area contributed by atoms with Gasteiger partial charge in [0.05, 0.1) is 15.5 Å². The molecule has 10 heteroatoms. The number of rotatable bonds is 4. The van der Waals surface area contributed by atoms with Crippen LogP contribution in [0.2, 0.25) is 5.02 Å². The number of nitrogen functional groups attached to an aromatic ring is 2. The van der Waals surface area contributed by atoms with Gasteiger partial charge in [0, 0.05) is 21.5 Å². The van der Waals surface area contributed by atoms with Crippen LogP contribution in [0.4, 0.5) is 17.5 Å². The minimum Gasteiger partial charge on any atom is -0.382 e. The molecule has 8 nitrogen and oxygen atoms in total. The Morgan fingerprint density at radius 1 is 1.15 bits per heavy atom. The third-order valence-corrected chi connectivity index (χ3v) is 4.86. The van der Waals surface area contributed by atoms with Gasteiger partial charge < -0.3 is 11.5 Å². The summed E-state index contributed by atoms with van der Waals surface area (Å²) in [7, 11) is 0. The Morgan fingerprint density at radius 2 is 1.85 bits per heavy atom. The van der Waals surface area contributed by atoms with Crippen LogP contribution in [0, 0.1) is 21.4 Å². The first-order valence-corrected chi connectivity index (χ1v) is 8.64. The average molecular weight is 399 g/mol. The standard InChI is InChI=1S/C17H11ClN6O2S/c18-10-2-4-11(5-3-10)27-14-6-1-9(7-13(14)24(25)26)15-12(8-19)16(20)23-17(21)22-15/h1-7H,(H4,20,21,22,23). The van der Waals surface area contributed by atoms with Crippen molar-refractivity contribution < 1.29 is 4.92 Å². The molecule has 0 unspecified atom stereocenters. The normalized spacial score (nSPS) is 10.4. The maximum absolute atomic E-state index is 11.6. The maximum atomic E-state index is 11.6. The minimum absolute atomic E-state index is 0.0107. The van der Waals surface area contributed by atoms with Crippen molar-refractivity contribution in [3.05, 3.63) is 63.2 Å². The number of nitrogens with two attached hydrogens (primary N) is 2. The lowest BCUT2D eigenvalue weighted by Gasteiger charge is -2.09. The van der Waals surface area contributed by atoms with E-state index in [1.54, 1.807) is 36.4 Å². The second kappa shape index (κ2) is 7.49. The van der Waals surface area contributed by atoms with Crippen LogP contribution in [-0.4, -0.2) is 14.9 Å². The number of aromatic nitrogens is 2. The SMILES string of the molecule is N#Cc1c(N)nc(N)nc1-c1ccc(Sc2ccc(Cl)cc2)c([N+](=O)[O-])c1. The van der Waals surface area contributed by atoms with Gasteiger partial charge in [0.2, 0.25) is 5.95 Å². The molecule has 4 N–H and O–H groups in total. The summed E-state index contributed by atoms with van der Waals surface area (Å²) in [6.45, 7) is 0. The molecule has 0 radical (unpaired) electrons. The maximum Gasteiger partial charge on any atom is 0.283 e. The van der Waals surface area contributed by atoms with Crippen LogP contribution in [0.1, 0.15) is 5.56 Å². The molecule has 0 fully saturated rings. The Bertz CT molecular complexity index is 1080. The second-order valence-corrected chi connectivity index (χ2v) is 6.85. The molecule has 0 spiro atoms. The summed E-state index contributed by atoms with van der Waals surface area (Å²) in [6, 6.07) is 13.4. The Kier molecular flexibility index (Phi) is 5.12. The van der Waals surface area contributed by atoms with E-state index < -0.39 is 4.92 Å². The van der Waals surface area contributed by atoms with Gasteiger partial charge in [-0.25, -0.2) is 4.98 Å². The molecule has 3 rings (SSSR count). The molecule has 0 saturated carbocycles. The number of nitro benzene ring substituents is 1. The van der Waals surface area contributed by atoms with Gasteiger partial charge in [0.15, 0.2) is 0 Å². The molecule has 0 aliphatic heterocycles. The van der Waals surface area contributed by atoms with Crippen LogP contribution in [0.15, 0.2) is 52.3 Å². The third-order valence-electron chi connectivity index (χ3n) is 3.54. The van der Waals surface area contributed by atoms with Crippen molar-refractivity contribution in [3.63, 3.8) is 0 Å². The molecule has 0 aliphatic rings. The highest BCUT2D eigenvalue weighted by molar-refractivity contribution is 7.99. The molecular weight excluding hydrogens is 388 g/mol. The smallest absolute Gasteiger partial charge is 0.283 e. The summed E-state index contributed by atoms with van der Waals surface area (Å²) in [5.41, 5.74) is 11.7. The van der Waals surface area contributed by atoms with Crippen molar-refractivity contribution in [2.24, 2.45) is 0 Å². The lowest BCUT2D eigenvalue weighted by molar-refractivity contribution is -0.387. The van der Waals surface area contributed by atoms with E-state index >= 15 is 0 Å². The van der Waals surface area contributed by atoms with E-state index in [0.29, 0.717) is 15.5 Å². The lowest BCUT2D eigenvalue weighted by Crippen LogP contribution is -2.05. The average Bonchev–Trinajstić information content (AvgIpc) is 2.63. The van der Waals surface area contributed by atoms with E-state index in [1.807, 2.05) is 6.07 Å². The van der Waals surface area contributed by atoms with Gasteiger partial charge in [0.25, 0.3) is 5.69 Å². The molecule has 0 amide bonds. The number of anilines is 2. The molecule has 3 aromatic rings. The van der Waals surface area contributed by atoms with Crippen LogP contribution < -0.4 is 11.5 Å². The predicted molar refractivity (Wildman–Crippen MR) is 103 cm³/mol. The highest BCUT2D eigenvalue weighted by Crippen LogP contribution is 2.38. The third kappa shape index (κ3) is 3.92. The van der Waals surface area contributed by atoms with Gasteiger partial charge in [-0.2, -0.15) is 10.2 Å². The van der Waals surface area contributed by atoms with Crippen molar-refractivity contribution in [3.8, 4) is 17.3 Å². The number of halogens is 1. The predicted octanol–water partition coefficient (Wildman–Crippen LogP) is 3.89. The largest absolute Gasteiger partial charge is 0.382 e. The molecule has 134 valence electrons. The summed E-state index contributed by atoms with van der Waals surface area (Å²) >= 11 is 7.09. The molecule has 1 heterocycles. The Hall–Kier alpha value is -3.35. The quantitative estimate of drug-likeness (QED) is 0.497. The zero-order chi connectivity index (χ0) is 19.6. The van der Waals surface area contributed by atoms with Crippen molar-refractivity contribution >= 4 is 40.8 Å². The van der Waals surface area contributed by atoms with Crippen LogP contribution >= 0.6 is 23.4 Å². The molecular formula is C17H11ClN6O2S. The molecule has 0 saturated heterocycles. The fourth-order valence-electron chi connectivity index (χ4n) is 2.34. The Morgan fingerprint density at radius 3 is 2.48 bits per heavy atom. The summed E-state index contributed by atoms with van der Waals surface area (Å²) in [4.78, 5) is 20.0. The first kappa shape index (κ1) is 18.4. The van der Waals surface area contributed by atoms with Gasteiger partial charge in [-0.1, -0.05) is 29.4 Å². The number of nitrogens with zero attached hydrogens (tertiary/aromatic N) is 4. The Balaban J connectivity index is 2.08. The number of hydrogen-bond acceptors (Lipinski definition) is 8. The van der Waals surface area contributed by atoms with Gasteiger partial charge in [-0.05, 0) is 30.3 Å². The van der Waals surface area contributed by atoms with E-state index in [1.165, 1.54) is 17.8 Å². The van der Waals surface area contributed by atoms with Crippen molar-refractivity contribution in [2.45, 2.75) is 9.79 Å². The van der Waals surface area contributed by atoms with E-state index in [4.69, 9.17) is 23.1 Å². The first-order chi connectivity index (χ1) is 12.9. The van der Waals surface area contributed by atoms with E-state index in [-0.39, 0.29) is 28.7 Å². The van der Waals surface area contributed by atoms with Gasteiger partial charge in [0.1, 0.15) is 17.5 Å². The Labute approximate surface area is 163 Å². The molecule has 0 atom stereocenters. The number of benzene rings is 2. The zero-order valence-electron chi connectivity index (χ0n) is 13.6. The summed E-state index contributed by atoms with van der Waals surface area (Å²) < 4.78 is 0. The van der Waals surface area contributed by atoms with E-state index in [9.17, 15) is 15.4 Å². The van der Waals surface area contributed by atoms with Gasteiger partial charge in [-0.3, -0.25) is 10.1 Å². The fraction of sp³-hybridized carbons (Fsp3) is 0. The summed E-state index contributed by atoms with van der Waals surface area (Å²) in [5, 5.41) is 21.4. The monoisotopic (exact) mass is 398 g/mol. The topological polar surface area (TPSA) is 145 Å². The highest BCUT2D eigenvalue weighted by Gasteiger charge is 2.20. The van der Waals surface area contributed by atoms with E-state index in [2.05, 4.69) is 9.97 Å². The number of nitriles is 1. The van der Waals surface area contributed by atoms with Crippen molar-refractivity contribution in [1.82, 2.24) is 9.97 Å². The van der Waals surface area contributed by atoms with Crippen LogP contribution in [0.5, 0.6) is 0 Å². The van der Waals surface area contributed by atoms with Crippen molar-refractivity contribution in [2.75, 3.05) is 11.5 Å². The molecule has 0 aliphatic carbocycles. The number of nitro groups is 1. The summed E-state index contributed by atoms with van der Waals surface area (Å²) in [6.07, 6.45) is 0. The second-order valence-electron chi connectivity index (χ2n) is 5.30. The number of hydrogen-bond donors (Lipinski definition) is 2. The van der Waals surface area contributed by atoms with Crippen LogP contribution in [0.25, 0.3) is 11.3 Å². The molecule has 27 heavy (non-hydrogen) atoms. The minimum atomic E-state index is -0.498. The molecule has 0 bridgehead atoms. The lowest BCUT2D eigenvalue weighted by atomic mass is 10.1. The molecule has 2 aromatic carbocycles. The first-order valence-electron chi connectivity index (χ1n) is 7.44. The highest BCUT2D eigenvalue weighted by atomic mass is 35.5. The van der Waals surface area contributed by atoms with E-state index in [0.717, 1.165) is 4.90 Å². The fourth-order valence-corrected chi connectivity index (χ4v) is 3.36.